The number of hydrogen-bond donors (Lipinski definition) is 0. The molecule has 5 heteroatoms. The minimum absolute atomic E-state index is 0.0808. The van der Waals surface area contributed by atoms with Gasteiger partial charge in [-0.15, -0.1) is 0 Å². The van der Waals surface area contributed by atoms with Crippen LogP contribution < -0.4 is 5.56 Å². The smallest absolute Gasteiger partial charge is 0.266 e. The van der Waals surface area contributed by atoms with Crippen LogP contribution in [0.25, 0.3) is 16.6 Å². The molecule has 3 aromatic carbocycles. The second kappa shape index (κ2) is 7.71. The maximum Gasteiger partial charge on any atom is 0.266 e. The van der Waals surface area contributed by atoms with E-state index in [0.717, 1.165) is 16.8 Å². The SMILES string of the molecule is Cc1ccc(-n2c(SCc3cccc(C#N)c3)nc3ccccc3c2=O)cc1. The highest BCUT2D eigenvalue weighted by molar-refractivity contribution is 7.98. The van der Waals surface area contributed by atoms with E-state index >= 15 is 0 Å². The lowest BCUT2D eigenvalue weighted by Crippen LogP contribution is -2.21. The molecule has 1 heterocycles. The molecule has 0 spiro atoms. The van der Waals surface area contributed by atoms with Crippen LogP contribution in [0.2, 0.25) is 0 Å². The predicted octanol–water partition coefficient (Wildman–Crippen LogP) is 4.86. The van der Waals surface area contributed by atoms with Crippen LogP contribution >= 0.6 is 11.8 Å². The normalized spacial score (nSPS) is 10.7. The molecule has 0 saturated heterocycles. The highest BCUT2D eigenvalue weighted by atomic mass is 32.2. The molecule has 0 N–H and O–H groups in total. The summed E-state index contributed by atoms with van der Waals surface area (Å²) in [4.78, 5) is 18.0. The molecule has 0 aliphatic heterocycles. The van der Waals surface area contributed by atoms with Crippen molar-refractivity contribution < 1.29 is 0 Å². The molecule has 0 atom stereocenters. The van der Waals surface area contributed by atoms with Gasteiger partial charge in [0, 0.05) is 5.75 Å². The summed E-state index contributed by atoms with van der Waals surface area (Å²) < 4.78 is 1.67. The molecule has 0 unspecified atom stereocenters. The monoisotopic (exact) mass is 383 g/mol. The first kappa shape index (κ1) is 18.0. The van der Waals surface area contributed by atoms with Crippen LogP contribution in [0.3, 0.4) is 0 Å². The summed E-state index contributed by atoms with van der Waals surface area (Å²) in [6.07, 6.45) is 0. The molecule has 0 radical (unpaired) electrons. The fourth-order valence-corrected chi connectivity index (χ4v) is 3.96. The van der Waals surface area contributed by atoms with Crippen LogP contribution in [0.4, 0.5) is 0 Å². The molecule has 1 aromatic heterocycles. The molecule has 4 rings (SSSR count). The van der Waals surface area contributed by atoms with E-state index < -0.39 is 0 Å². The zero-order valence-electron chi connectivity index (χ0n) is 15.3. The van der Waals surface area contributed by atoms with Crippen LogP contribution in [0.1, 0.15) is 16.7 Å². The van der Waals surface area contributed by atoms with Gasteiger partial charge < -0.3 is 0 Å². The van der Waals surface area contributed by atoms with Gasteiger partial charge in [0.15, 0.2) is 5.16 Å². The lowest BCUT2D eigenvalue weighted by molar-refractivity contribution is 0.819. The Hall–Kier alpha value is -3.36. The third-order valence-electron chi connectivity index (χ3n) is 4.46. The van der Waals surface area contributed by atoms with Crippen molar-refractivity contribution in [2.75, 3.05) is 0 Å². The number of para-hydroxylation sites is 1. The molecule has 0 saturated carbocycles. The number of nitriles is 1. The van der Waals surface area contributed by atoms with Crippen LogP contribution in [0, 0.1) is 18.3 Å². The number of nitrogens with zero attached hydrogens (tertiary/aromatic N) is 3. The number of aromatic nitrogens is 2. The number of aryl methyl sites for hydroxylation is 1. The fourth-order valence-electron chi connectivity index (χ4n) is 3.01. The van der Waals surface area contributed by atoms with Crippen molar-refractivity contribution in [1.29, 1.82) is 5.26 Å². The number of thioether (sulfide) groups is 1. The lowest BCUT2D eigenvalue weighted by atomic mass is 10.2. The first-order valence-electron chi connectivity index (χ1n) is 8.86. The Bertz CT molecular complexity index is 1250. The molecule has 0 amide bonds. The zero-order chi connectivity index (χ0) is 19.5. The van der Waals surface area contributed by atoms with Crippen molar-refractivity contribution >= 4 is 22.7 Å². The molecule has 4 nitrogen and oxygen atoms in total. The topological polar surface area (TPSA) is 58.7 Å². The van der Waals surface area contributed by atoms with E-state index in [1.807, 2.05) is 67.6 Å². The van der Waals surface area contributed by atoms with E-state index in [0.29, 0.717) is 27.4 Å². The maximum atomic E-state index is 13.2. The zero-order valence-corrected chi connectivity index (χ0v) is 16.1. The Labute approximate surface area is 167 Å². The fraction of sp³-hybridized carbons (Fsp3) is 0.0870. The highest BCUT2D eigenvalue weighted by Crippen LogP contribution is 2.25. The van der Waals surface area contributed by atoms with Gasteiger partial charge >= 0.3 is 0 Å². The first-order chi connectivity index (χ1) is 13.7. The van der Waals surface area contributed by atoms with E-state index in [1.54, 1.807) is 16.7 Å². The maximum absolute atomic E-state index is 13.2. The second-order valence-corrected chi connectivity index (χ2v) is 7.43. The van der Waals surface area contributed by atoms with Crippen LogP contribution in [0.15, 0.2) is 82.7 Å². The Morgan fingerprint density at radius 3 is 2.61 bits per heavy atom. The van der Waals surface area contributed by atoms with Gasteiger partial charge in [-0.05, 0) is 48.9 Å². The van der Waals surface area contributed by atoms with E-state index in [-0.39, 0.29) is 5.56 Å². The average Bonchev–Trinajstić information content (AvgIpc) is 2.73. The van der Waals surface area contributed by atoms with Gasteiger partial charge in [0.2, 0.25) is 0 Å². The van der Waals surface area contributed by atoms with Gasteiger partial charge in [-0.25, -0.2) is 4.98 Å². The molecular formula is C23H17N3OS. The average molecular weight is 383 g/mol. The van der Waals surface area contributed by atoms with Gasteiger partial charge in [-0.1, -0.05) is 53.7 Å². The molecule has 0 bridgehead atoms. The third kappa shape index (κ3) is 3.55. The summed E-state index contributed by atoms with van der Waals surface area (Å²) >= 11 is 1.49. The van der Waals surface area contributed by atoms with Crippen molar-refractivity contribution in [2.24, 2.45) is 0 Å². The largest absolute Gasteiger partial charge is 0.268 e. The molecule has 4 aromatic rings. The van der Waals surface area contributed by atoms with E-state index in [9.17, 15) is 4.79 Å². The molecule has 0 fully saturated rings. The lowest BCUT2D eigenvalue weighted by Gasteiger charge is -2.13. The highest BCUT2D eigenvalue weighted by Gasteiger charge is 2.13. The molecule has 28 heavy (non-hydrogen) atoms. The van der Waals surface area contributed by atoms with E-state index in [4.69, 9.17) is 10.2 Å². The summed E-state index contributed by atoms with van der Waals surface area (Å²) in [5, 5.41) is 10.3. The van der Waals surface area contributed by atoms with Crippen molar-refractivity contribution in [3.8, 4) is 11.8 Å². The third-order valence-corrected chi connectivity index (χ3v) is 5.47. The Morgan fingerprint density at radius 1 is 1.04 bits per heavy atom. The minimum atomic E-state index is -0.0808. The van der Waals surface area contributed by atoms with Crippen molar-refractivity contribution in [2.45, 2.75) is 17.8 Å². The minimum Gasteiger partial charge on any atom is -0.268 e. The second-order valence-electron chi connectivity index (χ2n) is 6.49. The van der Waals surface area contributed by atoms with Crippen LogP contribution in [-0.2, 0) is 5.75 Å². The Kier molecular flexibility index (Phi) is 4.96. The standard InChI is InChI=1S/C23H17N3OS/c1-16-9-11-19(12-10-16)26-22(27)20-7-2-3-8-21(20)25-23(26)28-15-18-6-4-5-17(13-18)14-24/h2-13H,15H2,1H3. The van der Waals surface area contributed by atoms with Crippen LogP contribution in [-0.4, -0.2) is 9.55 Å². The quantitative estimate of drug-likeness (QED) is 0.373. The number of rotatable bonds is 4. The van der Waals surface area contributed by atoms with Gasteiger partial charge in [-0.2, -0.15) is 5.26 Å². The van der Waals surface area contributed by atoms with Crippen molar-refractivity contribution in [1.82, 2.24) is 9.55 Å². The van der Waals surface area contributed by atoms with Gasteiger partial charge in [-0.3, -0.25) is 9.36 Å². The first-order valence-corrected chi connectivity index (χ1v) is 9.85. The molecule has 0 aliphatic carbocycles. The van der Waals surface area contributed by atoms with Crippen molar-refractivity contribution in [3.63, 3.8) is 0 Å². The van der Waals surface area contributed by atoms with Crippen LogP contribution in [0.5, 0.6) is 0 Å². The summed E-state index contributed by atoms with van der Waals surface area (Å²) in [6, 6.07) is 24.9. The predicted molar refractivity (Wildman–Crippen MR) is 113 cm³/mol. The molecule has 136 valence electrons. The van der Waals surface area contributed by atoms with Gasteiger partial charge in [0.1, 0.15) is 0 Å². The summed E-state index contributed by atoms with van der Waals surface area (Å²) in [7, 11) is 0. The van der Waals surface area contributed by atoms with Crippen molar-refractivity contribution in [3.05, 3.63) is 99.8 Å². The Balaban J connectivity index is 1.81. The van der Waals surface area contributed by atoms with E-state index in [2.05, 4.69) is 6.07 Å². The summed E-state index contributed by atoms with van der Waals surface area (Å²) in [6.45, 7) is 2.02. The molecular weight excluding hydrogens is 366 g/mol. The molecule has 0 aliphatic rings. The van der Waals surface area contributed by atoms with Gasteiger partial charge in [0.25, 0.3) is 5.56 Å². The van der Waals surface area contributed by atoms with Gasteiger partial charge in [0.05, 0.1) is 28.2 Å². The summed E-state index contributed by atoms with van der Waals surface area (Å²) in [5.41, 5.74) is 4.17. The van der Waals surface area contributed by atoms with E-state index in [1.165, 1.54) is 11.8 Å². The number of benzene rings is 3. The number of fused-ring (bicyclic) bond motifs is 1. The number of hydrogen-bond acceptors (Lipinski definition) is 4. The Morgan fingerprint density at radius 2 is 1.82 bits per heavy atom. The summed E-state index contributed by atoms with van der Waals surface area (Å²) in [5.74, 6) is 0.617.